The summed E-state index contributed by atoms with van der Waals surface area (Å²) in [5.41, 5.74) is 5.88. The van der Waals surface area contributed by atoms with E-state index in [0.717, 1.165) is 11.3 Å². The third-order valence-electron chi connectivity index (χ3n) is 3.83. The van der Waals surface area contributed by atoms with Crippen molar-refractivity contribution in [3.05, 3.63) is 88.1 Å². The predicted octanol–water partition coefficient (Wildman–Crippen LogP) is 2.52. The van der Waals surface area contributed by atoms with E-state index in [0.29, 0.717) is 17.0 Å². The van der Waals surface area contributed by atoms with Crippen molar-refractivity contribution < 1.29 is 19.1 Å². The minimum absolute atomic E-state index is 0.243. The van der Waals surface area contributed by atoms with E-state index >= 15 is 0 Å². The second-order valence-corrected chi connectivity index (χ2v) is 6.91. The summed E-state index contributed by atoms with van der Waals surface area (Å²) >= 11 is 1.28. The SMILES string of the molecule is O=C(CNC(=O)c1cccs1)NNC(=O)c1ccc(COc2ccccc2)cc1. The van der Waals surface area contributed by atoms with Crippen LogP contribution >= 0.6 is 11.3 Å². The monoisotopic (exact) mass is 409 g/mol. The zero-order valence-corrected chi connectivity index (χ0v) is 16.2. The number of ether oxygens (including phenoxy) is 1. The summed E-state index contributed by atoms with van der Waals surface area (Å²) in [5.74, 6) is -0.562. The second kappa shape index (κ2) is 10.0. The van der Waals surface area contributed by atoms with Gasteiger partial charge in [-0.05, 0) is 41.3 Å². The van der Waals surface area contributed by atoms with Crippen molar-refractivity contribution in [2.75, 3.05) is 6.54 Å². The fourth-order valence-corrected chi connectivity index (χ4v) is 2.97. The molecule has 0 fully saturated rings. The molecular weight excluding hydrogens is 390 g/mol. The van der Waals surface area contributed by atoms with Gasteiger partial charge in [0.05, 0.1) is 11.4 Å². The molecule has 0 aliphatic rings. The maximum Gasteiger partial charge on any atom is 0.269 e. The molecule has 29 heavy (non-hydrogen) atoms. The second-order valence-electron chi connectivity index (χ2n) is 5.96. The van der Waals surface area contributed by atoms with Gasteiger partial charge in [-0.25, -0.2) is 0 Å². The van der Waals surface area contributed by atoms with Crippen LogP contribution in [-0.2, 0) is 11.4 Å². The quantitative estimate of drug-likeness (QED) is 0.523. The maximum atomic E-state index is 12.1. The van der Waals surface area contributed by atoms with Gasteiger partial charge in [0, 0.05) is 5.56 Å². The van der Waals surface area contributed by atoms with Gasteiger partial charge in [-0.1, -0.05) is 36.4 Å². The standard InChI is InChI=1S/C21H19N3O4S/c25-19(13-22-21(27)18-7-4-12-29-18)23-24-20(26)16-10-8-15(9-11-16)14-28-17-5-2-1-3-6-17/h1-12H,13-14H2,(H,22,27)(H,23,25)(H,24,26). The topological polar surface area (TPSA) is 96.5 Å². The van der Waals surface area contributed by atoms with Gasteiger partial charge in [0.2, 0.25) is 0 Å². The van der Waals surface area contributed by atoms with Gasteiger partial charge in [0.25, 0.3) is 17.7 Å². The van der Waals surface area contributed by atoms with Crippen molar-refractivity contribution in [1.82, 2.24) is 16.2 Å². The van der Waals surface area contributed by atoms with Crippen molar-refractivity contribution in [3.8, 4) is 5.75 Å². The van der Waals surface area contributed by atoms with Crippen LogP contribution in [0.1, 0.15) is 25.6 Å². The number of benzene rings is 2. The Labute approximate surface area is 171 Å². The number of thiophene rings is 1. The molecule has 7 nitrogen and oxygen atoms in total. The Balaban J connectivity index is 1.40. The van der Waals surface area contributed by atoms with Crippen molar-refractivity contribution >= 4 is 29.1 Å². The summed E-state index contributed by atoms with van der Waals surface area (Å²) in [6, 6.07) is 19.7. The number of hydrazine groups is 1. The molecule has 0 atom stereocenters. The van der Waals surface area contributed by atoms with Crippen molar-refractivity contribution in [2.45, 2.75) is 6.61 Å². The van der Waals surface area contributed by atoms with Crippen molar-refractivity contribution in [1.29, 1.82) is 0 Å². The van der Waals surface area contributed by atoms with Gasteiger partial charge in [0.1, 0.15) is 12.4 Å². The summed E-state index contributed by atoms with van der Waals surface area (Å²) in [6.07, 6.45) is 0. The van der Waals surface area contributed by atoms with E-state index in [9.17, 15) is 14.4 Å². The molecule has 0 saturated heterocycles. The number of para-hydroxylation sites is 1. The molecule has 8 heteroatoms. The van der Waals surface area contributed by atoms with E-state index in [-0.39, 0.29) is 12.5 Å². The predicted molar refractivity (Wildman–Crippen MR) is 109 cm³/mol. The summed E-state index contributed by atoms with van der Waals surface area (Å²) in [6.45, 7) is 0.138. The smallest absolute Gasteiger partial charge is 0.269 e. The van der Waals surface area contributed by atoms with E-state index in [1.54, 1.807) is 41.8 Å². The Kier molecular flexibility index (Phi) is 6.96. The Morgan fingerprint density at radius 1 is 0.828 bits per heavy atom. The lowest BCUT2D eigenvalue weighted by molar-refractivity contribution is -0.120. The van der Waals surface area contributed by atoms with Crippen molar-refractivity contribution in [3.63, 3.8) is 0 Å². The summed E-state index contributed by atoms with van der Waals surface area (Å²) in [4.78, 5) is 36.2. The average Bonchev–Trinajstić information content (AvgIpc) is 3.30. The minimum Gasteiger partial charge on any atom is -0.489 e. The van der Waals surface area contributed by atoms with Crippen LogP contribution in [0.5, 0.6) is 5.75 Å². The van der Waals surface area contributed by atoms with Crippen LogP contribution in [-0.4, -0.2) is 24.3 Å². The van der Waals surface area contributed by atoms with Gasteiger partial charge < -0.3 is 10.1 Å². The Bertz CT molecular complexity index is 957. The summed E-state index contributed by atoms with van der Waals surface area (Å²) in [7, 11) is 0. The molecule has 0 aliphatic carbocycles. The molecule has 3 amide bonds. The third-order valence-corrected chi connectivity index (χ3v) is 4.70. The van der Waals surface area contributed by atoms with Crippen LogP contribution in [0.4, 0.5) is 0 Å². The van der Waals surface area contributed by atoms with Crippen LogP contribution in [0.15, 0.2) is 72.1 Å². The van der Waals surface area contributed by atoms with E-state index in [1.807, 2.05) is 30.3 Å². The molecule has 3 rings (SSSR count). The Morgan fingerprint density at radius 3 is 2.28 bits per heavy atom. The highest BCUT2D eigenvalue weighted by atomic mass is 32.1. The number of nitrogens with one attached hydrogen (secondary N) is 3. The van der Waals surface area contributed by atoms with Crippen LogP contribution < -0.4 is 20.9 Å². The number of amides is 3. The third kappa shape index (κ3) is 6.18. The molecule has 0 bridgehead atoms. The lowest BCUT2D eigenvalue weighted by atomic mass is 10.1. The van der Waals surface area contributed by atoms with Crippen LogP contribution in [0, 0.1) is 0 Å². The summed E-state index contributed by atoms with van der Waals surface area (Å²) < 4.78 is 5.65. The zero-order valence-electron chi connectivity index (χ0n) is 15.4. The van der Waals surface area contributed by atoms with Gasteiger partial charge >= 0.3 is 0 Å². The van der Waals surface area contributed by atoms with Crippen LogP contribution in [0.2, 0.25) is 0 Å². The lowest BCUT2D eigenvalue weighted by Crippen LogP contribution is -2.46. The first-order valence-corrected chi connectivity index (χ1v) is 9.67. The molecule has 0 saturated carbocycles. The number of carbonyl (C=O) groups excluding carboxylic acids is 3. The largest absolute Gasteiger partial charge is 0.489 e. The number of rotatable bonds is 7. The van der Waals surface area contributed by atoms with E-state index in [1.165, 1.54) is 11.3 Å². The van der Waals surface area contributed by atoms with Gasteiger partial charge in [-0.15, -0.1) is 11.3 Å². The Morgan fingerprint density at radius 2 is 1.59 bits per heavy atom. The molecule has 0 radical (unpaired) electrons. The number of hydrogen-bond donors (Lipinski definition) is 3. The Hall–Kier alpha value is -3.65. The maximum absolute atomic E-state index is 12.1. The van der Waals surface area contributed by atoms with Gasteiger partial charge in [0.15, 0.2) is 0 Å². The average molecular weight is 409 g/mol. The number of hydrogen-bond acceptors (Lipinski definition) is 5. The van der Waals surface area contributed by atoms with Crippen molar-refractivity contribution in [2.24, 2.45) is 0 Å². The molecule has 2 aromatic carbocycles. The fraction of sp³-hybridized carbons (Fsp3) is 0.0952. The highest BCUT2D eigenvalue weighted by molar-refractivity contribution is 7.12. The molecule has 1 aromatic heterocycles. The molecule has 0 spiro atoms. The highest BCUT2D eigenvalue weighted by Gasteiger charge is 2.10. The van der Waals surface area contributed by atoms with E-state index < -0.39 is 11.8 Å². The first kappa shape index (κ1) is 20.1. The molecule has 148 valence electrons. The van der Waals surface area contributed by atoms with Gasteiger partial charge in [-0.2, -0.15) is 0 Å². The van der Waals surface area contributed by atoms with Crippen LogP contribution in [0.3, 0.4) is 0 Å². The van der Waals surface area contributed by atoms with E-state index in [4.69, 9.17) is 4.74 Å². The lowest BCUT2D eigenvalue weighted by Gasteiger charge is -2.09. The van der Waals surface area contributed by atoms with Gasteiger partial charge in [-0.3, -0.25) is 25.2 Å². The van der Waals surface area contributed by atoms with Crippen LogP contribution in [0.25, 0.3) is 0 Å². The molecule has 1 heterocycles. The number of carbonyl (C=O) groups is 3. The molecule has 0 aliphatic heterocycles. The van der Waals surface area contributed by atoms with E-state index in [2.05, 4.69) is 16.2 Å². The first-order chi connectivity index (χ1) is 14.1. The first-order valence-electron chi connectivity index (χ1n) is 8.79. The summed E-state index contributed by atoms with van der Waals surface area (Å²) in [5, 5.41) is 4.25. The normalized spacial score (nSPS) is 10.1. The zero-order chi connectivity index (χ0) is 20.5. The molecule has 3 N–H and O–H groups in total. The molecule has 3 aromatic rings. The highest BCUT2D eigenvalue weighted by Crippen LogP contribution is 2.12. The fourth-order valence-electron chi connectivity index (χ4n) is 2.33. The minimum atomic E-state index is -0.531. The molecule has 0 unspecified atom stereocenters. The molecular formula is C21H19N3O4S.